The molecule has 0 aromatic heterocycles. The summed E-state index contributed by atoms with van der Waals surface area (Å²) in [5.74, 6) is 0. The zero-order chi connectivity index (χ0) is 15.2. The number of anilines is 2. The van der Waals surface area contributed by atoms with Crippen molar-refractivity contribution in [1.29, 1.82) is 0 Å². The molecule has 1 aliphatic rings. The molecule has 1 N–H and O–H groups in total. The Balaban J connectivity index is 2.17. The van der Waals surface area contributed by atoms with Gasteiger partial charge >= 0.3 is 0 Å². The Bertz CT molecular complexity index is 485. The first kappa shape index (κ1) is 15.6. The van der Waals surface area contributed by atoms with Crippen molar-refractivity contribution in [2.75, 3.05) is 37.0 Å². The average Bonchev–Trinajstić information content (AvgIpc) is 2.52. The Kier molecular flexibility index (Phi) is 5.38. The first-order chi connectivity index (χ1) is 10.1. The van der Waals surface area contributed by atoms with Gasteiger partial charge in [0.25, 0.3) is 5.69 Å². The summed E-state index contributed by atoms with van der Waals surface area (Å²) in [5.41, 5.74) is 1.87. The summed E-state index contributed by atoms with van der Waals surface area (Å²) in [6.07, 6.45) is 3.20. The number of benzene rings is 1. The first-order valence-electron chi connectivity index (χ1n) is 7.45. The molecule has 1 saturated heterocycles. The van der Waals surface area contributed by atoms with Crippen LogP contribution in [0.15, 0.2) is 18.2 Å². The van der Waals surface area contributed by atoms with Crippen molar-refractivity contribution >= 4 is 17.1 Å². The molecular formula is C15H23N3O3. The predicted octanol–water partition coefficient (Wildman–Crippen LogP) is 3.03. The molecule has 0 radical (unpaired) electrons. The lowest BCUT2D eigenvalue weighted by atomic mass is 10.1. The zero-order valence-electron chi connectivity index (χ0n) is 12.7. The van der Waals surface area contributed by atoms with Crippen molar-refractivity contribution in [1.82, 2.24) is 0 Å². The minimum absolute atomic E-state index is 0.139. The van der Waals surface area contributed by atoms with Crippen molar-refractivity contribution in [3.63, 3.8) is 0 Å². The fourth-order valence-electron chi connectivity index (χ4n) is 2.60. The molecule has 6 nitrogen and oxygen atoms in total. The van der Waals surface area contributed by atoms with Gasteiger partial charge in [0, 0.05) is 50.3 Å². The van der Waals surface area contributed by atoms with Gasteiger partial charge in [-0.05, 0) is 25.3 Å². The van der Waals surface area contributed by atoms with Crippen LogP contribution in [0.4, 0.5) is 17.1 Å². The molecule has 1 heterocycles. The minimum Gasteiger partial charge on any atom is -0.385 e. The molecule has 116 valence electrons. The van der Waals surface area contributed by atoms with Crippen molar-refractivity contribution in [2.24, 2.45) is 0 Å². The number of hydrogen-bond acceptors (Lipinski definition) is 5. The second-order valence-corrected chi connectivity index (χ2v) is 5.34. The zero-order valence-corrected chi connectivity index (χ0v) is 12.7. The van der Waals surface area contributed by atoms with E-state index in [1.54, 1.807) is 19.2 Å². The van der Waals surface area contributed by atoms with Crippen LogP contribution in [-0.4, -0.2) is 37.8 Å². The van der Waals surface area contributed by atoms with Crippen molar-refractivity contribution in [2.45, 2.75) is 32.3 Å². The molecule has 1 aromatic carbocycles. The number of rotatable bonds is 6. The predicted molar refractivity (Wildman–Crippen MR) is 84.1 cm³/mol. The van der Waals surface area contributed by atoms with E-state index >= 15 is 0 Å². The quantitative estimate of drug-likeness (QED) is 0.645. The van der Waals surface area contributed by atoms with Crippen molar-refractivity contribution < 1.29 is 9.66 Å². The van der Waals surface area contributed by atoms with E-state index in [4.69, 9.17) is 4.74 Å². The fraction of sp³-hybridized carbons (Fsp3) is 0.600. The van der Waals surface area contributed by atoms with Crippen LogP contribution >= 0.6 is 0 Å². The number of methoxy groups -OCH3 is 1. The summed E-state index contributed by atoms with van der Waals surface area (Å²) in [6.45, 7) is 4.62. The molecule has 1 aliphatic heterocycles. The minimum atomic E-state index is -0.331. The molecule has 21 heavy (non-hydrogen) atoms. The highest BCUT2D eigenvalue weighted by atomic mass is 16.6. The summed E-state index contributed by atoms with van der Waals surface area (Å²) < 4.78 is 5.37. The normalized spacial score (nSPS) is 16.0. The van der Waals surface area contributed by atoms with Gasteiger partial charge in [-0.15, -0.1) is 0 Å². The summed E-state index contributed by atoms with van der Waals surface area (Å²) in [6, 6.07) is 5.25. The third-order valence-corrected chi connectivity index (χ3v) is 3.83. The lowest BCUT2D eigenvalue weighted by molar-refractivity contribution is -0.384. The SMILES string of the molecule is CCCNc1cc(N2CCC(OC)CC2)cc([N+](=O)[O-])c1. The van der Waals surface area contributed by atoms with Crippen LogP contribution in [0.3, 0.4) is 0 Å². The van der Waals surface area contributed by atoms with Crippen LogP contribution in [0.2, 0.25) is 0 Å². The van der Waals surface area contributed by atoms with Gasteiger partial charge in [0.15, 0.2) is 0 Å². The highest BCUT2D eigenvalue weighted by Crippen LogP contribution is 2.29. The number of nitro benzene ring substituents is 1. The monoisotopic (exact) mass is 293 g/mol. The maximum Gasteiger partial charge on any atom is 0.273 e. The Morgan fingerprint density at radius 1 is 1.38 bits per heavy atom. The highest BCUT2D eigenvalue weighted by Gasteiger charge is 2.21. The molecule has 0 spiro atoms. The molecule has 0 saturated carbocycles. The van der Waals surface area contributed by atoms with E-state index < -0.39 is 0 Å². The summed E-state index contributed by atoms with van der Waals surface area (Å²) in [4.78, 5) is 13.0. The van der Waals surface area contributed by atoms with E-state index in [-0.39, 0.29) is 10.6 Å². The molecule has 0 bridgehead atoms. The third-order valence-electron chi connectivity index (χ3n) is 3.83. The Morgan fingerprint density at radius 3 is 2.67 bits per heavy atom. The molecule has 1 aromatic rings. The van der Waals surface area contributed by atoms with E-state index in [1.165, 1.54) is 0 Å². The number of nitrogens with zero attached hydrogens (tertiary/aromatic N) is 2. The summed E-state index contributed by atoms with van der Waals surface area (Å²) in [7, 11) is 1.74. The Labute approximate surface area is 125 Å². The largest absolute Gasteiger partial charge is 0.385 e. The van der Waals surface area contributed by atoms with Crippen molar-refractivity contribution in [3.05, 3.63) is 28.3 Å². The van der Waals surface area contributed by atoms with Gasteiger partial charge in [-0.25, -0.2) is 0 Å². The molecule has 2 rings (SSSR count). The van der Waals surface area contributed by atoms with Crippen LogP contribution in [-0.2, 0) is 4.74 Å². The topological polar surface area (TPSA) is 67.6 Å². The van der Waals surface area contributed by atoms with Crippen molar-refractivity contribution in [3.8, 4) is 0 Å². The number of nitrogens with one attached hydrogen (secondary N) is 1. The number of non-ortho nitro benzene ring substituents is 1. The van der Waals surface area contributed by atoms with Gasteiger partial charge in [-0.1, -0.05) is 6.92 Å². The summed E-state index contributed by atoms with van der Waals surface area (Å²) in [5, 5.41) is 14.3. The Hall–Kier alpha value is -1.82. The van der Waals surface area contributed by atoms with E-state index in [0.717, 1.165) is 50.3 Å². The van der Waals surface area contributed by atoms with Gasteiger partial charge in [0.05, 0.1) is 11.0 Å². The number of nitro groups is 1. The van der Waals surface area contributed by atoms with E-state index in [9.17, 15) is 10.1 Å². The van der Waals surface area contributed by atoms with E-state index in [2.05, 4.69) is 17.1 Å². The third kappa shape index (κ3) is 4.07. The standard InChI is InChI=1S/C15H23N3O3/c1-3-6-16-12-9-13(11-14(10-12)18(19)20)17-7-4-15(21-2)5-8-17/h9-11,15-16H,3-8H2,1-2H3. The van der Waals surface area contributed by atoms with Gasteiger partial charge in [0.1, 0.15) is 0 Å². The highest BCUT2D eigenvalue weighted by molar-refractivity contribution is 5.64. The molecule has 0 aliphatic carbocycles. The average molecular weight is 293 g/mol. The van der Waals surface area contributed by atoms with Crippen LogP contribution in [0.25, 0.3) is 0 Å². The smallest absolute Gasteiger partial charge is 0.273 e. The van der Waals surface area contributed by atoms with Gasteiger partial charge in [-0.2, -0.15) is 0 Å². The van der Waals surface area contributed by atoms with Gasteiger partial charge in [0.2, 0.25) is 0 Å². The van der Waals surface area contributed by atoms with E-state index in [0.29, 0.717) is 6.10 Å². The van der Waals surface area contributed by atoms with Crippen LogP contribution in [0.5, 0.6) is 0 Å². The van der Waals surface area contributed by atoms with E-state index in [1.807, 2.05) is 6.07 Å². The Morgan fingerprint density at radius 2 is 2.10 bits per heavy atom. The molecule has 6 heteroatoms. The summed E-state index contributed by atoms with van der Waals surface area (Å²) >= 11 is 0. The second kappa shape index (κ2) is 7.26. The fourth-order valence-corrected chi connectivity index (χ4v) is 2.60. The lowest BCUT2D eigenvalue weighted by Crippen LogP contribution is -2.36. The van der Waals surface area contributed by atoms with Crippen LogP contribution in [0.1, 0.15) is 26.2 Å². The molecule has 0 atom stereocenters. The molecular weight excluding hydrogens is 270 g/mol. The lowest BCUT2D eigenvalue weighted by Gasteiger charge is -2.33. The molecule has 0 amide bonds. The van der Waals surface area contributed by atoms with Gasteiger partial charge in [-0.3, -0.25) is 10.1 Å². The number of ether oxygens (including phenoxy) is 1. The van der Waals surface area contributed by atoms with Crippen LogP contribution < -0.4 is 10.2 Å². The van der Waals surface area contributed by atoms with Crippen LogP contribution in [0, 0.1) is 10.1 Å². The maximum absolute atomic E-state index is 11.1. The number of hydrogen-bond donors (Lipinski definition) is 1. The molecule has 1 fully saturated rings. The van der Waals surface area contributed by atoms with Gasteiger partial charge < -0.3 is 15.0 Å². The first-order valence-corrected chi connectivity index (χ1v) is 7.45. The molecule has 0 unspecified atom stereocenters. The number of piperidine rings is 1. The maximum atomic E-state index is 11.1. The second-order valence-electron chi connectivity index (χ2n) is 5.34.